The van der Waals surface area contributed by atoms with E-state index in [0.717, 1.165) is 13.0 Å². The number of nitrogens with zero attached hydrogens (tertiary/aromatic N) is 2. The third-order valence-electron chi connectivity index (χ3n) is 4.33. The van der Waals surface area contributed by atoms with Crippen molar-refractivity contribution < 1.29 is 19.1 Å². The Kier molecular flexibility index (Phi) is 9.24. The highest BCUT2D eigenvalue weighted by Crippen LogP contribution is 2.18. The van der Waals surface area contributed by atoms with Gasteiger partial charge in [0.15, 0.2) is 0 Å². The fourth-order valence-corrected chi connectivity index (χ4v) is 2.67. The summed E-state index contributed by atoms with van der Waals surface area (Å²) in [7, 11) is 5.58. The number of nitrogens with one attached hydrogen (secondary N) is 2. The lowest BCUT2D eigenvalue weighted by molar-refractivity contribution is -0.120. The summed E-state index contributed by atoms with van der Waals surface area (Å²) in [6.45, 7) is 3.44. The Morgan fingerprint density at radius 1 is 1.13 bits per heavy atom. The minimum absolute atomic E-state index is 0.0728. The maximum absolute atomic E-state index is 12.4. The predicted molar refractivity (Wildman–Crippen MR) is 115 cm³/mol. The Hall–Kier alpha value is -2.97. The molecule has 0 aliphatic heterocycles. The van der Waals surface area contributed by atoms with Crippen molar-refractivity contribution in [1.29, 1.82) is 0 Å². The van der Waals surface area contributed by atoms with Crippen LogP contribution in [-0.4, -0.2) is 62.1 Å². The molecule has 1 aromatic heterocycles. The Balaban J connectivity index is 1.80. The van der Waals surface area contributed by atoms with Crippen molar-refractivity contribution in [1.82, 2.24) is 20.5 Å². The van der Waals surface area contributed by atoms with Crippen molar-refractivity contribution in [2.24, 2.45) is 0 Å². The number of ether oxygens (including phenoxy) is 2. The zero-order valence-corrected chi connectivity index (χ0v) is 18.0. The number of hydrogen-bond donors (Lipinski definition) is 2. The van der Waals surface area contributed by atoms with Crippen LogP contribution in [0, 0.1) is 0 Å². The molecule has 0 bridgehead atoms. The quantitative estimate of drug-likeness (QED) is 0.428. The Morgan fingerprint density at radius 3 is 2.50 bits per heavy atom. The molecule has 2 aromatic rings. The lowest BCUT2D eigenvalue weighted by Gasteiger charge is -2.16. The van der Waals surface area contributed by atoms with Crippen LogP contribution < -0.4 is 20.1 Å². The first-order valence-corrected chi connectivity index (χ1v) is 9.83. The number of pyridine rings is 1. The van der Waals surface area contributed by atoms with E-state index in [1.807, 2.05) is 21.0 Å². The van der Waals surface area contributed by atoms with Crippen molar-refractivity contribution in [3.8, 4) is 11.5 Å². The van der Waals surface area contributed by atoms with E-state index in [4.69, 9.17) is 9.47 Å². The molecule has 0 fully saturated rings. The molecule has 1 heterocycles. The summed E-state index contributed by atoms with van der Waals surface area (Å²) in [5, 5.41) is 6.00. The predicted octanol–water partition coefficient (Wildman–Crippen LogP) is 1.86. The average molecular weight is 415 g/mol. The number of amides is 1. The standard InChI is InChI=1S/C22H30N4O4/c1-16(10-12-26(2)3)25-21(27)15-23-14-18-13-17(9-11-24-18)22(28)30-20-7-5-19(29-4)6-8-20/h5-9,11,13,16,23H,10,12,14-15H2,1-4H3,(H,25,27). The normalized spacial score (nSPS) is 11.8. The first-order chi connectivity index (χ1) is 14.4. The molecule has 8 nitrogen and oxygen atoms in total. The largest absolute Gasteiger partial charge is 0.497 e. The van der Waals surface area contributed by atoms with Crippen LogP contribution in [-0.2, 0) is 11.3 Å². The van der Waals surface area contributed by atoms with Crippen LogP contribution in [0.5, 0.6) is 11.5 Å². The number of carbonyl (C=O) groups is 2. The zero-order valence-electron chi connectivity index (χ0n) is 18.0. The van der Waals surface area contributed by atoms with Gasteiger partial charge in [-0.1, -0.05) is 0 Å². The smallest absolute Gasteiger partial charge is 0.343 e. The maximum Gasteiger partial charge on any atom is 0.343 e. The van der Waals surface area contributed by atoms with E-state index in [-0.39, 0.29) is 18.5 Å². The van der Waals surface area contributed by atoms with E-state index in [1.54, 1.807) is 49.7 Å². The first kappa shape index (κ1) is 23.3. The van der Waals surface area contributed by atoms with Gasteiger partial charge in [0.2, 0.25) is 5.91 Å². The summed E-state index contributed by atoms with van der Waals surface area (Å²) in [5.41, 5.74) is 1.03. The fraction of sp³-hybridized carbons (Fsp3) is 0.409. The van der Waals surface area contributed by atoms with Gasteiger partial charge in [-0.2, -0.15) is 0 Å². The molecule has 1 unspecified atom stereocenters. The topological polar surface area (TPSA) is 92.8 Å². The summed E-state index contributed by atoms with van der Waals surface area (Å²) in [5.74, 6) is 0.563. The molecular formula is C22H30N4O4. The van der Waals surface area contributed by atoms with Crippen LogP contribution in [0.2, 0.25) is 0 Å². The summed E-state index contributed by atoms with van der Waals surface area (Å²) < 4.78 is 10.5. The van der Waals surface area contributed by atoms with Gasteiger partial charge in [0.25, 0.3) is 0 Å². The highest BCUT2D eigenvalue weighted by atomic mass is 16.5. The molecule has 0 saturated carbocycles. The molecule has 162 valence electrons. The van der Waals surface area contributed by atoms with Gasteiger partial charge in [0.05, 0.1) is 24.9 Å². The number of rotatable bonds is 11. The Labute approximate surface area is 177 Å². The van der Waals surface area contributed by atoms with Crippen LogP contribution >= 0.6 is 0 Å². The highest BCUT2D eigenvalue weighted by molar-refractivity contribution is 5.91. The van der Waals surface area contributed by atoms with E-state index in [9.17, 15) is 9.59 Å². The van der Waals surface area contributed by atoms with Gasteiger partial charge in [-0.3, -0.25) is 9.78 Å². The van der Waals surface area contributed by atoms with Crippen LogP contribution in [0.3, 0.4) is 0 Å². The first-order valence-electron chi connectivity index (χ1n) is 9.83. The molecule has 0 aliphatic carbocycles. The van der Waals surface area contributed by atoms with E-state index >= 15 is 0 Å². The molecule has 1 aromatic carbocycles. The second-order valence-corrected chi connectivity index (χ2v) is 7.26. The zero-order chi connectivity index (χ0) is 21.9. The van der Waals surface area contributed by atoms with Crippen LogP contribution in [0.1, 0.15) is 29.4 Å². The minimum atomic E-state index is -0.476. The Morgan fingerprint density at radius 2 is 1.83 bits per heavy atom. The van der Waals surface area contributed by atoms with Crippen molar-refractivity contribution in [3.63, 3.8) is 0 Å². The van der Waals surface area contributed by atoms with Crippen LogP contribution in [0.4, 0.5) is 0 Å². The van der Waals surface area contributed by atoms with Crippen molar-refractivity contribution in [2.75, 3.05) is 34.3 Å². The molecule has 0 aliphatic rings. The van der Waals surface area contributed by atoms with Crippen LogP contribution in [0.15, 0.2) is 42.6 Å². The van der Waals surface area contributed by atoms with Crippen molar-refractivity contribution in [3.05, 3.63) is 53.9 Å². The summed E-state index contributed by atoms with van der Waals surface area (Å²) in [6.07, 6.45) is 2.43. The maximum atomic E-state index is 12.4. The number of carbonyl (C=O) groups excluding carboxylic acids is 2. The van der Waals surface area contributed by atoms with Crippen LogP contribution in [0.25, 0.3) is 0 Å². The number of hydrogen-bond acceptors (Lipinski definition) is 7. The van der Waals surface area contributed by atoms with E-state index in [2.05, 4.69) is 20.5 Å². The lowest BCUT2D eigenvalue weighted by Crippen LogP contribution is -2.40. The molecule has 30 heavy (non-hydrogen) atoms. The summed E-state index contributed by atoms with van der Waals surface area (Å²) in [4.78, 5) is 30.7. The monoisotopic (exact) mass is 414 g/mol. The molecule has 2 rings (SSSR count). The third kappa shape index (κ3) is 8.18. The molecule has 2 N–H and O–H groups in total. The lowest BCUT2D eigenvalue weighted by atomic mass is 10.2. The second kappa shape index (κ2) is 11.9. The van der Waals surface area contributed by atoms with Gasteiger partial charge >= 0.3 is 5.97 Å². The second-order valence-electron chi connectivity index (χ2n) is 7.26. The van der Waals surface area contributed by atoms with Crippen molar-refractivity contribution in [2.45, 2.75) is 25.9 Å². The van der Waals surface area contributed by atoms with Gasteiger partial charge in [-0.25, -0.2) is 4.79 Å². The third-order valence-corrected chi connectivity index (χ3v) is 4.33. The van der Waals surface area contributed by atoms with Crippen molar-refractivity contribution >= 4 is 11.9 Å². The summed E-state index contributed by atoms with van der Waals surface area (Å²) in [6, 6.07) is 10.1. The SMILES string of the molecule is COc1ccc(OC(=O)c2ccnc(CNCC(=O)NC(C)CCN(C)C)c2)cc1. The average Bonchev–Trinajstić information content (AvgIpc) is 2.73. The van der Waals surface area contributed by atoms with E-state index in [0.29, 0.717) is 29.3 Å². The molecule has 0 spiro atoms. The van der Waals surface area contributed by atoms with E-state index in [1.165, 1.54) is 0 Å². The number of esters is 1. The molecule has 0 saturated heterocycles. The molecule has 1 amide bonds. The van der Waals surface area contributed by atoms with Gasteiger partial charge in [-0.05, 0) is 70.4 Å². The summed E-state index contributed by atoms with van der Waals surface area (Å²) >= 11 is 0. The number of benzene rings is 1. The fourth-order valence-electron chi connectivity index (χ4n) is 2.67. The molecule has 8 heteroatoms. The molecule has 0 radical (unpaired) electrons. The number of aromatic nitrogens is 1. The van der Waals surface area contributed by atoms with Gasteiger partial charge < -0.3 is 25.0 Å². The molecule has 1 atom stereocenters. The Bertz CT molecular complexity index is 824. The minimum Gasteiger partial charge on any atom is -0.497 e. The highest BCUT2D eigenvalue weighted by Gasteiger charge is 2.11. The van der Waals surface area contributed by atoms with Gasteiger partial charge in [-0.15, -0.1) is 0 Å². The van der Waals surface area contributed by atoms with Gasteiger partial charge in [0, 0.05) is 18.8 Å². The number of methoxy groups -OCH3 is 1. The van der Waals surface area contributed by atoms with Gasteiger partial charge in [0.1, 0.15) is 11.5 Å². The molecular weight excluding hydrogens is 384 g/mol. The van der Waals surface area contributed by atoms with E-state index < -0.39 is 5.97 Å².